The second kappa shape index (κ2) is 4.36. The van der Waals surface area contributed by atoms with E-state index in [1.807, 2.05) is 20.9 Å². The molecule has 0 N–H and O–H groups in total. The van der Waals surface area contributed by atoms with Gasteiger partial charge in [-0.2, -0.15) is 0 Å². The molecule has 0 saturated carbocycles. The number of hydrogen-bond acceptors (Lipinski definition) is 1. The molecular weight excluding hydrogens is 114 g/mol. The summed E-state index contributed by atoms with van der Waals surface area (Å²) >= 11 is 0. The second-order valence-electron chi connectivity index (χ2n) is 1.92. The van der Waals surface area contributed by atoms with Gasteiger partial charge in [0.05, 0.1) is 0 Å². The molecular formula is C7H15NO. The highest BCUT2D eigenvalue weighted by Gasteiger charge is 2.14. The van der Waals surface area contributed by atoms with Crippen LogP contribution in [-0.2, 0) is 4.79 Å². The second-order valence-corrected chi connectivity index (χ2v) is 1.92. The predicted octanol–water partition coefficient (Wildman–Crippen LogP) is 1.26. The van der Waals surface area contributed by atoms with Crippen LogP contribution in [0.2, 0.25) is 0 Å². The maximum Gasteiger partial charge on any atom is 0.222 e. The molecule has 0 atom stereocenters. The van der Waals surface area contributed by atoms with Gasteiger partial charge in [0.2, 0.25) is 5.91 Å². The minimum absolute atomic E-state index is 0.292. The van der Waals surface area contributed by atoms with E-state index in [9.17, 15) is 4.79 Å². The van der Waals surface area contributed by atoms with Crippen molar-refractivity contribution in [3.8, 4) is 0 Å². The van der Waals surface area contributed by atoms with Gasteiger partial charge in [-0.1, -0.05) is 13.8 Å². The summed E-state index contributed by atoms with van der Waals surface area (Å²) in [5.41, 5.74) is 0. The molecule has 0 aromatic rings. The summed E-state index contributed by atoms with van der Waals surface area (Å²) < 4.78 is 0. The molecule has 1 fully saturated rings. The number of amides is 1. The van der Waals surface area contributed by atoms with Crippen molar-refractivity contribution in [2.45, 2.75) is 26.7 Å². The largest absolute Gasteiger partial charge is 0.346 e. The fraction of sp³-hybridized carbons (Fsp3) is 0.857. The predicted molar refractivity (Wildman–Crippen MR) is 38.2 cm³/mol. The summed E-state index contributed by atoms with van der Waals surface area (Å²) in [5, 5.41) is 0. The van der Waals surface area contributed by atoms with Crippen LogP contribution in [0.15, 0.2) is 0 Å². The molecule has 0 spiro atoms. The maximum atomic E-state index is 10.5. The number of carbonyl (C=O) groups is 1. The Kier molecular flexibility index (Phi) is 4.10. The topological polar surface area (TPSA) is 20.3 Å². The Morgan fingerprint density at radius 1 is 1.44 bits per heavy atom. The van der Waals surface area contributed by atoms with Gasteiger partial charge in [0.1, 0.15) is 0 Å². The quantitative estimate of drug-likeness (QED) is 0.482. The van der Waals surface area contributed by atoms with Gasteiger partial charge in [0.15, 0.2) is 0 Å². The molecule has 1 heterocycles. The molecule has 1 rings (SSSR count). The van der Waals surface area contributed by atoms with Gasteiger partial charge in [0.25, 0.3) is 0 Å². The zero-order valence-corrected chi connectivity index (χ0v) is 6.48. The first kappa shape index (κ1) is 8.47. The van der Waals surface area contributed by atoms with Crippen LogP contribution in [0.1, 0.15) is 26.7 Å². The molecule has 2 heteroatoms. The van der Waals surface area contributed by atoms with E-state index in [0.29, 0.717) is 5.91 Å². The Morgan fingerprint density at radius 3 is 2.11 bits per heavy atom. The van der Waals surface area contributed by atoms with Crippen molar-refractivity contribution in [2.24, 2.45) is 0 Å². The van der Waals surface area contributed by atoms with Crippen LogP contribution in [0, 0.1) is 0 Å². The Labute approximate surface area is 56.9 Å². The van der Waals surface area contributed by atoms with Crippen LogP contribution in [-0.4, -0.2) is 24.4 Å². The van der Waals surface area contributed by atoms with Gasteiger partial charge in [-0.15, -0.1) is 0 Å². The monoisotopic (exact) mass is 129 g/mol. The molecule has 0 bridgehead atoms. The van der Waals surface area contributed by atoms with E-state index in [2.05, 4.69) is 0 Å². The van der Waals surface area contributed by atoms with E-state index < -0.39 is 0 Å². The van der Waals surface area contributed by atoms with Crippen LogP contribution < -0.4 is 0 Å². The average molecular weight is 129 g/mol. The van der Waals surface area contributed by atoms with Crippen LogP contribution in [0.25, 0.3) is 0 Å². The molecule has 0 radical (unpaired) electrons. The van der Waals surface area contributed by atoms with Crippen molar-refractivity contribution < 1.29 is 4.79 Å². The molecule has 9 heavy (non-hydrogen) atoms. The summed E-state index contributed by atoms with van der Waals surface area (Å²) in [4.78, 5) is 12.3. The van der Waals surface area contributed by atoms with E-state index >= 15 is 0 Å². The molecule has 0 aromatic carbocycles. The summed E-state index contributed by atoms with van der Waals surface area (Å²) in [6, 6.07) is 0. The fourth-order valence-electron chi connectivity index (χ4n) is 0.783. The highest BCUT2D eigenvalue weighted by molar-refractivity contribution is 5.77. The number of hydrogen-bond donors (Lipinski definition) is 0. The first-order valence-corrected chi connectivity index (χ1v) is 3.54. The van der Waals surface area contributed by atoms with Gasteiger partial charge in [-0.05, 0) is 6.42 Å². The third kappa shape index (κ3) is 2.49. The van der Waals surface area contributed by atoms with Crippen molar-refractivity contribution in [3.63, 3.8) is 0 Å². The Bertz CT molecular complexity index is 90.9. The van der Waals surface area contributed by atoms with Crippen molar-refractivity contribution in [1.82, 2.24) is 4.90 Å². The Morgan fingerprint density at radius 2 is 2.00 bits per heavy atom. The molecule has 1 saturated heterocycles. The molecule has 1 aliphatic heterocycles. The number of carbonyl (C=O) groups excluding carboxylic acids is 1. The lowest BCUT2D eigenvalue weighted by atomic mass is 10.4. The van der Waals surface area contributed by atoms with Gasteiger partial charge < -0.3 is 4.90 Å². The van der Waals surface area contributed by atoms with Gasteiger partial charge >= 0.3 is 0 Å². The standard InChI is InChI=1S/C5H9NO.C2H6/c1-6-4-2-3-5(6)7;1-2/h2-4H2,1H3;1-2H3. The highest BCUT2D eigenvalue weighted by Crippen LogP contribution is 2.04. The lowest BCUT2D eigenvalue weighted by Gasteiger charge is -2.03. The van der Waals surface area contributed by atoms with Crippen molar-refractivity contribution in [3.05, 3.63) is 0 Å². The fourth-order valence-corrected chi connectivity index (χ4v) is 0.783. The minimum atomic E-state index is 0.292. The zero-order chi connectivity index (χ0) is 7.28. The Hall–Kier alpha value is -0.530. The summed E-state index contributed by atoms with van der Waals surface area (Å²) in [7, 11) is 1.84. The van der Waals surface area contributed by atoms with Crippen LogP contribution in [0.3, 0.4) is 0 Å². The van der Waals surface area contributed by atoms with E-state index in [4.69, 9.17) is 0 Å². The summed E-state index contributed by atoms with van der Waals surface area (Å²) in [5.74, 6) is 0.292. The maximum absolute atomic E-state index is 10.5. The van der Waals surface area contributed by atoms with Crippen LogP contribution in [0.4, 0.5) is 0 Å². The highest BCUT2D eigenvalue weighted by atomic mass is 16.2. The normalized spacial score (nSPS) is 17.2. The summed E-state index contributed by atoms with van der Waals surface area (Å²) in [6.45, 7) is 4.96. The number of rotatable bonds is 0. The van der Waals surface area contributed by atoms with E-state index in [1.165, 1.54) is 0 Å². The van der Waals surface area contributed by atoms with Crippen molar-refractivity contribution >= 4 is 5.91 Å². The lowest BCUT2D eigenvalue weighted by molar-refractivity contribution is -0.126. The zero-order valence-electron chi connectivity index (χ0n) is 6.48. The number of nitrogens with zero attached hydrogens (tertiary/aromatic N) is 1. The molecule has 1 amide bonds. The van der Waals surface area contributed by atoms with E-state index in [-0.39, 0.29) is 0 Å². The summed E-state index contributed by atoms with van der Waals surface area (Å²) in [6.07, 6.45) is 1.81. The smallest absolute Gasteiger partial charge is 0.222 e. The van der Waals surface area contributed by atoms with Gasteiger partial charge in [0, 0.05) is 20.0 Å². The lowest BCUT2D eigenvalue weighted by Crippen LogP contribution is -2.17. The molecule has 2 nitrogen and oxygen atoms in total. The van der Waals surface area contributed by atoms with Crippen molar-refractivity contribution in [1.29, 1.82) is 0 Å². The van der Waals surface area contributed by atoms with Gasteiger partial charge in [-0.3, -0.25) is 4.79 Å². The van der Waals surface area contributed by atoms with E-state index in [1.54, 1.807) is 4.90 Å². The Balaban J connectivity index is 0.000000291. The third-order valence-electron chi connectivity index (χ3n) is 1.31. The number of likely N-dealkylation sites (tertiary alicyclic amines) is 1. The molecule has 0 aliphatic carbocycles. The third-order valence-corrected chi connectivity index (χ3v) is 1.31. The van der Waals surface area contributed by atoms with Crippen LogP contribution >= 0.6 is 0 Å². The first-order chi connectivity index (χ1) is 4.30. The van der Waals surface area contributed by atoms with E-state index in [0.717, 1.165) is 19.4 Å². The average Bonchev–Trinajstić information content (AvgIpc) is 2.23. The van der Waals surface area contributed by atoms with Crippen LogP contribution in [0.5, 0.6) is 0 Å². The minimum Gasteiger partial charge on any atom is -0.346 e. The molecule has 0 aromatic heterocycles. The van der Waals surface area contributed by atoms with Gasteiger partial charge in [-0.25, -0.2) is 0 Å². The first-order valence-electron chi connectivity index (χ1n) is 3.54. The molecule has 1 aliphatic rings. The SMILES string of the molecule is CC.CN1CCCC1=O. The molecule has 54 valence electrons. The molecule has 0 unspecified atom stereocenters. The van der Waals surface area contributed by atoms with Crippen molar-refractivity contribution in [2.75, 3.05) is 13.6 Å².